The van der Waals surface area contributed by atoms with Crippen LogP contribution in [-0.4, -0.2) is 69.5 Å². The maximum absolute atomic E-state index is 13.1. The second-order valence-corrected chi connectivity index (χ2v) is 10.3. The number of nitrogens with zero attached hydrogens (tertiary/aromatic N) is 1. The second kappa shape index (κ2) is 10.1. The van der Waals surface area contributed by atoms with E-state index in [0.717, 1.165) is 0 Å². The molecule has 1 N–H and O–H groups in total. The van der Waals surface area contributed by atoms with Gasteiger partial charge in [-0.3, -0.25) is 9.59 Å². The number of rotatable bonds is 8. The minimum absolute atomic E-state index is 0.111. The SMILES string of the molecule is CCS(=O)(=O)C1CCN(C(=O)[C@H](NC(=O)c2cc(OC)cc(OC)c2)C(C)C)CC1. The number of hydrogen-bond acceptors (Lipinski definition) is 6. The van der Waals surface area contributed by atoms with E-state index in [-0.39, 0.29) is 17.6 Å². The molecule has 0 saturated carbocycles. The fourth-order valence-corrected chi connectivity index (χ4v) is 4.94. The third kappa shape index (κ3) is 5.65. The molecule has 1 aliphatic heterocycles. The Hall–Kier alpha value is -2.29. The van der Waals surface area contributed by atoms with Crippen LogP contribution < -0.4 is 14.8 Å². The fourth-order valence-electron chi connectivity index (χ4n) is 3.54. The summed E-state index contributed by atoms with van der Waals surface area (Å²) in [4.78, 5) is 27.6. The molecule has 8 nitrogen and oxygen atoms in total. The molecule has 2 amide bonds. The molecule has 9 heteroatoms. The smallest absolute Gasteiger partial charge is 0.252 e. The Labute approximate surface area is 178 Å². The number of carbonyl (C=O) groups is 2. The van der Waals surface area contributed by atoms with Gasteiger partial charge in [-0.05, 0) is 30.9 Å². The van der Waals surface area contributed by atoms with Crippen molar-refractivity contribution in [1.29, 1.82) is 0 Å². The van der Waals surface area contributed by atoms with Crippen LogP contribution in [-0.2, 0) is 14.6 Å². The first kappa shape index (κ1) is 24.0. The topological polar surface area (TPSA) is 102 Å². The number of hydrogen-bond donors (Lipinski definition) is 1. The summed E-state index contributed by atoms with van der Waals surface area (Å²) < 4.78 is 34.6. The fraction of sp³-hybridized carbons (Fsp3) is 0.619. The van der Waals surface area contributed by atoms with E-state index in [9.17, 15) is 18.0 Å². The summed E-state index contributed by atoms with van der Waals surface area (Å²) in [6.45, 7) is 6.11. The molecule has 0 radical (unpaired) electrons. The van der Waals surface area contributed by atoms with Gasteiger partial charge < -0.3 is 19.7 Å². The van der Waals surface area contributed by atoms with Gasteiger partial charge in [0.05, 0.1) is 19.5 Å². The summed E-state index contributed by atoms with van der Waals surface area (Å²) >= 11 is 0. The molecule has 2 rings (SSSR count). The number of methoxy groups -OCH3 is 2. The van der Waals surface area contributed by atoms with Crippen LogP contribution in [0.15, 0.2) is 18.2 Å². The Morgan fingerprint density at radius 1 is 1.10 bits per heavy atom. The van der Waals surface area contributed by atoms with E-state index in [1.165, 1.54) is 14.2 Å². The molecule has 168 valence electrons. The van der Waals surface area contributed by atoms with Gasteiger partial charge in [-0.15, -0.1) is 0 Å². The second-order valence-electron chi connectivity index (χ2n) is 7.77. The number of nitrogens with one attached hydrogen (secondary N) is 1. The van der Waals surface area contributed by atoms with Crippen LogP contribution >= 0.6 is 0 Å². The van der Waals surface area contributed by atoms with Crippen LogP contribution in [0.25, 0.3) is 0 Å². The zero-order chi connectivity index (χ0) is 22.5. The minimum atomic E-state index is -3.11. The highest BCUT2D eigenvalue weighted by atomic mass is 32.2. The Morgan fingerprint density at radius 3 is 2.07 bits per heavy atom. The summed E-state index contributed by atoms with van der Waals surface area (Å²) in [6.07, 6.45) is 0.849. The average Bonchev–Trinajstić information content (AvgIpc) is 2.76. The molecule has 1 aliphatic rings. The molecular formula is C21H32N2O6S. The predicted octanol–water partition coefficient (Wildman–Crippen LogP) is 1.88. The average molecular weight is 441 g/mol. The van der Waals surface area contributed by atoms with Crippen molar-refractivity contribution in [3.63, 3.8) is 0 Å². The lowest BCUT2D eigenvalue weighted by molar-refractivity contribution is -0.135. The largest absolute Gasteiger partial charge is 0.497 e. The van der Waals surface area contributed by atoms with Gasteiger partial charge in [-0.2, -0.15) is 0 Å². The molecule has 1 heterocycles. The zero-order valence-electron chi connectivity index (χ0n) is 18.3. The van der Waals surface area contributed by atoms with E-state index in [2.05, 4.69) is 5.32 Å². The molecule has 1 aromatic carbocycles. The number of benzene rings is 1. The molecule has 1 aromatic rings. The summed E-state index contributed by atoms with van der Waals surface area (Å²) in [5.41, 5.74) is 0.331. The molecule has 1 atom stereocenters. The standard InChI is InChI=1S/C21H32N2O6S/c1-6-30(26,27)18-7-9-23(10-8-18)21(25)19(14(2)3)22-20(24)15-11-16(28-4)13-17(12-15)29-5/h11-14,18-19H,6-10H2,1-5H3,(H,22,24)/t19-/m1/s1. The summed E-state index contributed by atoms with van der Waals surface area (Å²) in [6, 6.07) is 4.12. The van der Waals surface area contributed by atoms with Gasteiger partial charge in [0.1, 0.15) is 17.5 Å². The molecule has 1 fully saturated rings. The van der Waals surface area contributed by atoms with Crippen molar-refractivity contribution in [3.05, 3.63) is 23.8 Å². The minimum Gasteiger partial charge on any atom is -0.497 e. The lowest BCUT2D eigenvalue weighted by Crippen LogP contribution is -2.53. The number of amides is 2. The summed E-state index contributed by atoms with van der Waals surface area (Å²) in [5, 5.41) is 2.43. The Kier molecular flexibility index (Phi) is 8.11. The van der Waals surface area contributed by atoms with E-state index in [0.29, 0.717) is 43.0 Å². The first-order valence-corrected chi connectivity index (χ1v) is 11.9. The van der Waals surface area contributed by atoms with Gasteiger partial charge in [0.25, 0.3) is 5.91 Å². The molecule has 30 heavy (non-hydrogen) atoms. The zero-order valence-corrected chi connectivity index (χ0v) is 19.1. The maximum Gasteiger partial charge on any atom is 0.252 e. The van der Waals surface area contributed by atoms with Crippen LogP contribution in [0.2, 0.25) is 0 Å². The van der Waals surface area contributed by atoms with E-state index < -0.39 is 27.0 Å². The van der Waals surface area contributed by atoms with Crippen LogP contribution in [0.3, 0.4) is 0 Å². The third-order valence-corrected chi connectivity index (χ3v) is 7.79. The van der Waals surface area contributed by atoms with Gasteiger partial charge in [0.2, 0.25) is 5.91 Å². The molecule has 0 unspecified atom stereocenters. The monoisotopic (exact) mass is 440 g/mol. The first-order valence-electron chi connectivity index (χ1n) is 10.2. The number of piperidine rings is 1. The Bertz CT molecular complexity index is 838. The third-order valence-electron chi connectivity index (χ3n) is 5.50. The normalized spacial score (nSPS) is 16.3. The van der Waals surface area contributed by atoms with Gasteiger partial charge in [0.15, 0.2) is 9.84 Å². The van der Waals surface area contributed by atoms with Gasteiger partial charge in [-0.25, -0.2) is 8.42 Å². The van der Waals surface area contributed by atoms with E-state index in [4.69, 9.17) is 9.47 Å². The lowest BCUT2D eigenvalue weighted by Gasteiger charge is -2.35. The maximum atomic E-state index is 13.1. The summed E-state index contributed by atoms with van der Waals surface area (Å²) in [5.74, 6) is 0.340. The van der Waals surface area contributed by atoms with Crippen molar-refractivity contribution < 1.29 is 27.5 Å². The van der Waals surface area contributed by atoms with E-state index in [1.807, 2.05) is 13.8 Å². The molecule has 0 aliphatic carbocycles. The van der Waals surface area contributed by atoms with Crippen molar-refractivity contribution in [2.75, 3.05) is 33.1 Å². The lowest BCUT2D eigenvalue weighted by atomic mass is 10.0. The number of carbonyl (C=O) groups excluding carboxylic acids is 2. The van der Waals surface area contributed by atoms with Crippen molar-refractivity contribution in [2.24, 2.45) is 5.92 Å². The van der Waals surface area contributed by atoms with Crippen LogP contribution in [0, 0.1) is 5.92 Å². The first-order chi connectivity index (χ1) is 14.1. The summed E-state index contributed by atoms with van der Waals surface area (Å²) in [7, 11) is -0.108. The predicted molar refractivity (Wildman–Crippen MR) is 115 cm³/mol. The van der Waals surface area contributed by atoms with Crippen molar-refractivity contribution in [3.8, 4) is 11.5 Å². The molecule has 0 bridgehead atoms. The van der Waals surface area contributed by atoms with Crippen LogP contribution in [0.5, 0.6) is 11.5 Å². The van der Waals surface area contributed by atoms with Gasteiger partial charge in [0, 0.05) is 30.5 Å². The molecule has 0 aromatic heterocycles. The van der Waals surface area contributed by atoms with Crippen LogP contribution in [0.4, 0.5) is 0 Å². The number of ether oxygens (including phenoxy) is 2. The van der Waals surface area contributed by atoms with Crippen molar-refractivity contribution >= 4 is 21.7 Å². The van der Waals surface area contributed by atoms with Crippen molar-refractivity contribution in [1.82, 2.24) is 10.2 Å². The molecule has 1 saturated heterocycles. The van der Waals surface area contributed by atoms with Crippen molar-refractivity contribution in [2.45, 2.75) is 44.9 Å². The molecule has 0 spiro atoms. The van der Waals surface area contributed by atoms with Crippen LogP contribution in [0.1, 0.15) is 44.0 Å². The number of likely N-dealkylation sites (tertiary alicyclic amines) is 1. The Morgan fingerprint density at radius 2 is 1.63 bits per heavy atom. The highest BCUT2D eigenvalue weighted by molar-refractivity contribution is 7.92. The highest BCUT2D eigenvalue weighted by Gasteiger charge is 2.34. The number of sulfone groups is 1. The van der Waals surface area contributed by atoms with E-state index >= 15 is 0 Å². The Balaban J connectivity index is 2.11. The molecular weight excluding hydrogens is 408 g/mol. The van der Waals surface area contributed by atoms with Gasteiger partial charge >= 0.3 is 0 Å². The highest BCUT2D eigenvalue weighted by Crippen LogP contribution is 2.23. The quantitative estimate of drug-likeness (QED) is 0.662. The van der Waals surface area contributed by atoms with Gasteiger partial charge in [-0.1, -0.05) is 20.8 Å². The van der Waals surface area contributed by atoms with E-state index in [1.54, 1.807) is 30.0 Å².